The first-order valence-corrected chi connectivity index (χ1v) is 5.45. The van der Waals surface area contributed by atoms with E-state index in [-0.39, 0.29) is 37.0 Å². The highest BCUT2D eigenvalue weighted by molar-refractivity contribution is 7.89. The molecule has 0 aliphatic carbocycles. The van der Waals surface area contributed by atoms with Crippen molar-refractivity contribution in [3.8, 4) is 0 Å². The molecule has 0 aromatic rings. The third-order valence-corrected chi connectivity index (χ3v) is 2.51. The molecule has 0 spiro atoms. The minimum atomic E-state index is -3.60. The number of hydrogen-bond donors (Lipinski definition) is 1. The molecule has 0 radical (unpaired) electrons. The van der Waals surface area contributed by atoms with E-state index >= 15 is 0 Å². The molecule has 1 saturated heterocycles. The fourth-order valence-electron chi connectivity index (χ4n) is 1.09. The molecule has 0 saturated carbocycles. The summed E-state index contributed by atoms with van der Waals surface area (Å²) in [6.07, 6.45) is 0.340. The number of nitrogens with zero attached hydrogens (tertiary/aromatic N) is 1. The molecule has 7 heteroatoms. The Bertz CT molecular complexity index is 319. The molecule has 0 atom stereocenters. The third-order valence-electron chi connectivity index (χ3n) is 1.75. The number of rotatable bonds is 3. The van der Waals surface area contributed by atoms with E-state index in [1.54, 1.807) is 0 Å². The Balaban J connectivity index is 2.54. The van der Waals surface area contributed by atoms with Crippen molar-refractivity contribution in [2.75, 3.05) is 12.3 Å². The number of carbonyl (C=O) groups excluding carboxylic acids is 2. The van der Waals surface area contributed by atoms with Crippen LogP contribution in [0.4, 0.5) is 0 Å². The lowest BCUT2D eigenvalue weighted by atomic mass is 10.4. The Morgan fingerprint density at radius 2 is 1.69 bits per heavy atom. The third kappa shape index (κ3) is 2.78. The number of amides is 2. The highest BCUT2D eigenvalue weighted by Gasteiger charge is 2.29. The fourth-order valence-corrected chi connectivity index (χ4v) is 1.53. The second-order valence-corrected chi connectivity index (χ2v) is 4.54. The van der Waals surface area contributed by atoms with Gasteiger partial charge in [0.15, 0.2) is 0 Å². The normalized spacial score (nSPS) is 18.4. The topological polar surface area (TPSA) is 97.5 Å². The van der Waals surface area contributed by atoms with Crippen LogP contribution >= 0.6 is 0 Å². The van der Waals surface area contributed by atoms with E-state index in [1.165, 1.54) is 0 Å². The van der Waals surface area contributed by atoms with Crippen LogP contribution in [0.5, 0.6) is 0 Å². The van der Waals surface area contributed by atoms with Gasteiger partial charge in [-0.05, 0) is 0 Å². The zero-order valence-electron chi connectivity index (χ0n) is 6.89. The van der Waals surface area contributed by atoms with Gasteiger partial charge in [0.2, 0.25) is 21.8 Å². The van der Waals surface area contributed by atoms with Gasteiger partial charge in [0.1, 0.15) is 0 Å². The second kappa shape index (κ2) is 3.43. The fraction of sp³-hybridized carbons (Fsp3) is 0.667. The summed E-state index contributed by atoms with van der Waals surface area (Å²) in [7, 11) is -3.60. The summed E-state index contributed by atoms with van der Waals surface area (Å²) in [5.41, 5.74) is 0. The first-order chi connectivity index (χ1) is 5.90. The molecule has 0 aromatic carbocycles. The predicted molar refractivity (Wildman–Crippen MR) is 43.9 cm³/mol. The Kier molecular flexibility index (Phi) is 2.67. The minimum Gasteiger partial charge on any atom is -0.282 e. The molecule has 6 nitrogen and oxygen atoms in total. The molecule has 2 N–H and O–H groups in total. The van der Waals surface area contributed by atoms with Gasteiger partial charge in [-0.1, -0.05) is 0 Å². The zero-order chi connectivity index (χ0) is 10.1. The van der Waals surface area contributed by atoms with Gasteiger partial charge in [0, 0.05) is 19.4 Å². The Hall–Kier alpha value is -0.950. The highest BCUT2D eigenvalue weighted by atomic mass is 32.2. The summed E-state index contributed by atoms with van der Waals surface area (Å²) in [5, 5.41) is 4.73. The summed E-state index contributed by atoms with van der Waals surface area (Å²) in [6.45, 7) is -0.128. The molecule has 0 bridgehead atoms. The predicted octanol–water partition coefficient (Wildman–Crippen LogP) is -1.58. The maximum atomic E-state index is 11.0. The Labute approximate surface area is 75.7 Å². The van der Waals surface area contributed by atoms with E-state index in [0.717, 1.165) is 4.90 Å². The van der Waals surface area contributed by atoms with Crippen molar-refractivity contribution < 1.29 is 18.0 Å². The average Bonchev–Trinajstić information content (AvgIpc) is 2.27. The summed E-state index contributed by atoms with van der Waals surface area (Å²) < 4.78 is 21.1. The average molecular weight is 206 g/mol. The van der Waals surface area contributed by atoms with Gasteiger partial charge in [-0.15, -0.1) is 0 Å². The van der Waals surface area contributed by atoms with Gasteiger partial charge in [0.25, 0.3) is 0 Å². The molecule has 1 fully saturated rings. The largest absolute Gasteiger partial charge is 0.282 e. The van der Waals surface area contributed by atoms with Crippen LogP contribution in [0.25, 0.3) is 0 Å². The number of imide groups is 1. The van der Waals surface area contributed by atoms with E-state index in [0.29, 0.717) is 0 Å². The van der Waals surface area contributed by atoms with Crippen LogP contribution in [0.15, 0.2) is 0 Å². The molecule has 13 heavy (non-hydrogen) atoms. The van der Waals surface area contributed by atoms with E-state index in [9.17, 15) is 18.0 Å². The number of carbonyl (C=O) groups is 2. The molecule has 1 rings (SSSR count). The van der Waals surface area contributed by atoms with Crippen molar-refractivity contribution >= 4 is 21.8 Å². The summed E-state index contributed by atoms with van der Waals surface area (Å²) in [4.78, 5) is 22.9. The van der Waals surface area contributed by atoms with Gasteiger partial charge in [-0.3, -0.25) is 14.5 Å². The molecule has 2 amide bonds. The van der Waals surface area contributed by atoms with Crippen LogP contribution in [0.2, 0.25) is 0 Å². The number of nitrogens with two attached hydrogens (primary N) is 1. The van der Waals surface area contributed by atoms with E-state index in [4.69, 9.17) is 5.14 Å². The van der Waals surface area contributed by atoms with Gasteiger partial charge < -0.3 is 0 Å². The van der Waals surface area contributed by atoms with Crippen LogP contribution in [-0.4, -0.2) is 37.4 Å². The maximum Gasteiger partial charge on any atom is 0.229 e. The lowest BCUT2D eigenvalue weighted by Gasteiger charge is -2.11. The Morgan fingerprint density at radius 3 is 2.08 bits per heavy atom. The van der Waals surface area contributed by atoms with Gasteiger partial charge >= 0.3 is 0 Å². The standard InChI is InChI=1S/C6H10N2O4S/c7-13(11,12)4-3-8-5(9)1-2-6(8)10/h1-4H2,(H2,7,11,12). The molecule has 1 aliphatic rings. The Morgan fingerprint density at radius 1 is 1.23 bits per heavy atom. The smallest absolute Gasteiger partial charge is 0.229 e. The van der Waals surface area contributed by atoms with Crippen LogP contribution in [-0.2, 0) is 19.6 Å². The molecule has 74 valence electrons. The number of hydrogen-bond acceptors (Lipinski definition) is 4. The zero-order valence-corrected chi connectivity index (χ0v) is 7.71. The number of sulfonamides is 1. The van der Waals surface area contributed by atoms with E-state index < -0.39 is 10.0 Å². The molecular formula is C6H10N2O4S. The lowest BCUT2D eigenvalue weighted by Crippen LogP contribution is -2.35. The van der Waals surface area contributed by atoms with Crippen molar-refractivity contribution in [2.24, 2.45) is 5.14 Å². The maximum absolute atomic E-state index is 11.0. The van der Waals surface area contributed by atoms with Crippen molar-refractivity contribution in [3.05, 3.63) is 0 Å². The quantitative estimate of drug-likeness (QED) is 0.564. The monoisotopic (exact) mass is 206 g/mol. The van der Waals surface area contributed by atoms with Crippen molar-refractivity contribution in [3.63, 3.8) is 0 Å². The minimum absolute atomic E-state index is 0.128. The summed E-state index contributed by atoms with van der Waals surface area (Å²) in [6, 6.07) is 0. The van der Waals surface area contributed by atoms with Crippen LogP contribution in [0.3, 0.4) is 0 Å². The van der Waals surface area contributed by atoms with Gasteiger partial charge in [0.05, 0.1) is 5.75 Å². The number of likely N-dealkylation sites (tertiary alicyclic amines) is 1. The second-order valence-electron chi connectivity index (χ2n) is 2.81. The van der Waals surface area contributed by atoms with Crippen LogP contribution < -0.4 is 5.14 Å². The number of primary sulfonamides is 1. The SMILES string of the molecule is NS(=O)(=O)CCN1C(=O)CCC1=O. The van der Waals surface area contributed by atoms with Crippen molar-refractivity contribution in [1.29, 1.82) is 0 Å². The summed E-state index contributed by atoms with van der Waals surface area (Å²) >= 11 is 0. The first-order valence-electron chi connectivity index (χ1n) is 3.74. The molecule has 1 heterocycles. The first kappa shape index (κ1) is 10.1. The van der Waals surface area contributed by atoms with Crippen molar-refractivity contribution in [1.82, 2.24) is 4.90 Å². The van der Waals surface area contributed by atoms with Gasteiger partial charge in [-0.25, -0.2) is 13.6 Å². The van der Waals surface area contributed by atoms with E-state index in [2.05, 4.69) is 0 Å². The summed E-state index contributed by atoms with van der Waals surface area (Å²) in [5.74, 6) is -1.02. The van der Waals surface area contributed by atoms with Gasteiger partial charge in [-0.2, -0.15) is 0 Å². The molecule has 0 unspecified atom stereocenters. The molecule has 0 aromatic heterocycles. The highest BCUT2D eigenvalue weighted by Crippen LogP contribution is 2.10. The van der Waals surface area contributed by atoms with Crippen LogP contribution in [0, 0.1) is 0 Å². The van der Waals surface area contributed by atoms with Crippen LogP contribution in [0.1, 0.15) is 12.8 Å². The van der Waals surface area contributed by atoms with Crippen molar-refractivity contribution in [2.45, 2.75) is 12.8 Å². The lowest BCUT2D eigenvalue weighted by molar-refractivity contribution is -0.137. The molecular weight excluding hydrogens is 196 g/mol. The van der Waals surface area contributed by atoms with E-state index in [1.807, 2.05) is 0 Å². The molecule has 1 aliphatic heterocycles.